The second kappa shape index (κ2) is 7.46. The Bertz CT molecular complexity index is 792. The summed E-state index contributed by atoms with van der Waals surface area (Å²) in [6.07, 6.45) is 7.51. The minimum Gasteiger partial charge on any atom is -0.361 e. The molecule has 0 aromatic carbocycles. The zero-order chi connectivity index (χ0) is 19.0. The lowest BCUT2D eigenvalue weighted by Crippen LogP contribution is -2.47. The highest BCUT2D eigenvalue weighted by Gasteiger charge is 2.37. The van der Waals surface area contributed by atoms with Crippen LogP contribution in [-0.4, -0.2) is 56.3 Å². The van der Waals surface area contributed by atoms with Crippen LogP contribution in [-0.2, 0) is 24.8 Å². The van der Waals surface area contributed by atoms with Crippen molar-refractivity contribution in [2.45, 2.75) is 52.1 Å². The Morgan fingerprint density at radius 1 is 1.26 bits per heavy atom. The molecular formula is C20H29N5O2. The van der Waals surface area contributed by atoms with E-state index in [0.29, 0.717) is 18.4 Å². The first-order valence-electron chi connectivity index (χ1n) is 9.90. The number of aryl methyl sites for hydroxylation is 4. The Morgan fingerprint density at radius 3 is 2.81 bits per heavy atom. The molecule has 7 nitrogen and oxygen atoms in total. The summed E-state index contributed by atoms with van der Waals surface area (Å²) in [5, 5.41) is 8.28. The Hall–Kier alpha value is -2.15. The number of rotatable bonds is 5. The van der Waals surface area contributed by atoms with E-state index in [9.17, 15) is 4.79 Å². The maximum absolute atomic E-state index is 12.9. The third-order valence-corrected chi connectivity index (χ3v) is 6.06. The first kappa shape index (κ1) is 18.2. The number of amides is 1. The number of carbonyl (C=O) groups is 1. The van der Waals surface area contributed by atoms with Gasteiger partial charge >= 0.3 is 0 Å². The summed E-state index contributed by atoms with van der Waals surface area (Å²) in [4.78, 5) is 17.5. The van der Waals surface area contributed by atoms with Crippen LogP contribution in [0, 0.1) is 19.8 Å². The Balaban J connectivity index is 1.39. The van der Waals surface area contributed by atoms with Gasteiger partial charge in [-0.2, -0.15) is 5.10 Å². The van der Waals surface area contributed by atoms with E-state index in [2.05, 4.69) is 20.1 Å². The topological polar surface area (TPSA) is 67.4 Å². The molecule has 3 saturated heterocycles. The number of aromatic nitrogens is 3. The highest BCUT2D eigenvalue weighted by molar-refractivity contribution is 5.77. The molecule has 0 radical (unpaired) electrons. The van der Waals surface area contributed by atoms with Crippen LogP contribution < -0.4 is 0 Å². The van der Waals surface area contributed by atoms with Crippen LogP contribution in [0.1, 0.15) is 41.8 Å². The molecule has 27 heavy (non-hydrogen) atoms. The van der Waals surface area contributed by atoms with E-state index < -0.39 is 0 Å². The predicted molar refractivity (Wildman–Crippen MR) is 101 cm³/mol. The van der Waals surface area contributed by atoms with Gasteiger partial charge in [0.15, 0.2) is 0 Å². The van der Waals surface area contributed by atoms with Gasteiger partial charge in [0.1, 0.15) is 5.76 Å². The number of carbonyl (C=O) groups excluding carboxylic acids is 1. The molecule has 5 rings (SSSR count). The molecule has 1 amide bonds. The lowest BCUT2D eigenvalue weighted by Gasteiger charge is -2.36. The Kier molecular flexibility index (Phi) is 5.04. The van der Waals surface area contributed by atoms with Crippen molar-refractivity contribution in [2.75, 3.05) is 19.6 Å². The molecule has 0 N–H and O–H groups in total. The van der Waals surface area contributed by atoms with Crippen LogP contribution in [0.25, 0.3) is 0 Å². The molecule has 0 aliphatic carbocycles. The molecule has 2 atom stereocenters. The molecule has 146 valence electrons. The van der Waals surface area contributed by atoms with E-state index in [-0.39, 0.29) is 5.91 Å². The molecule has 2 bridgehead atoms. The minimum absolute atomic E-state index is 0.285. The van der Waals surface area contributed by atoms with Crippen molar-refractivity contribution in [3.05, 3.63) is 35.0 Å². The largest absolute Gasteiger partial charge is 0.361 e. The first-order valence-corrected chi connectivity index (χ1v) is 9.90. The molecule has 5 heterocycles. The van der Waals surface area contributed by atoms with Crippen LogP contribution in [0.3, 0.4) is 0 Å². The normalized spacial score (nSPS) is 23.0. The fraction of sp³-hybridized carbons (Fsp3) is 0.650. The maximum Gasteiger partial charge on any atom is 0.223 e. The average molecular weight is 371 g/mol. The second-order valence-corrected chi connectivity index (χ2v) is 8.16. The van der Waals surface area contributed by atoms with Crippen LogP contribution >= 0.6 is 0 Å². The van der Waals surface area contributed by atoms with Gasteiger partial charge < -0.3 is 9.42 Å². The summed E-state index contributed by atoms with van der Waals surface area (Å²) in [6, 6.07) is 0.325. The molecule has 3 aliphatic heterocycles. The summed E-state index contributed by atoms with van der Waals surface area (Å²) in [5.41, 5.74) is 3.31. The number of piperidine rings is 1. The number of hydrogen-bond acceptors (Lipinski definition) is 5. The van der Waals surface area contributed by atoms with E-state index in [0.717, 1.165) is 56.0 Å². The van der Waals surface area contributed by atoms with Gasteiger partial charge in [0.2, 0.25) is 5.91 Å². The van der Waals surface area contributed by atoms with E-state index in [1.165, 1.54) is 12.0 Å². The molecule has 2 aromatic rings. The van der Waals surface area contributed by atoms with Gasteiger partial charge in [-0.3, -0.25) is 14.4 Å². The van der Waals surface area contributed by atoms with Crippen molar-refractivity contribution >= 4 is 5.91 Å². The van der Waals surface area contributed by atoms with Gasteiger partial charge in [-0.1, -0.05) is 5.16 Å². The summed E-state index contributed by atoms with van der Waals surface area (Å²) in [6.45, 7) is 7.75. The van der Waals surface area contributed by atoms with E-state index in [4.69, 9.17) is 4.52 Å². The lowest BCUT2D eigenvalue weighted by atomic mass is 9.94. The number of hydrogen-bond donors (Lipinski definition) is 0. The van der Waals surface area contributed by atoms with E-state index in [1.807, 2.05) is 33.3 Å². The molecule has 0 saturated carbocycles. The summed E-state index contributed by atoms with van der Waals surface area (Å²) >= 11 is 0. The van der Waals surface area contributed by atoms with Crippen molar-refractivity contribution in [3.8, 4) is 0 Å². The first-order chi connectivity index (χ1) is 13.0. The van der Waals surface area contributed by atoms with Crippen molar-refractivity contribution in [1.29, 1.82) is 0 Å². The fourth-order valence-electron chi connectivity index (χ4n) is 4.56. The van der Waals surface area contributed by atoms with Gasteiger partial charge in [-0.25, -0.2) is 0 Å². The Morgan fingerprint density at radius 2 is 2.11 bits per heavy atom. The molecule has 7 heteroatoms. The third-order valence-electron chi connectivity index (χ3n) is 6.06. The summed E-state index contributed by atoms with van der Waals surface area (Å²) in [5.74, 6) is 1.76. The summed E-state index contributed by atoms with van der Waals surface area (Å²) < 4.78 is 7.12. The van der Waals surface area contributed by atoms with Gasteiger partial charge in [0.25, 0.3) is 0 Å². The fourth-order valence-corrected chi connectivity index (χ4v) is 4.56. The van der Waals surface area contributed by atoms with Crippen molar-refractivity contribution in [2.24, 2.45) is 13.0 Å². The van der Waals surface area contributed by atoms with E-state index in [1.54, 1.807) is 4.68 Å². The highest BCUT2D eigenvalue weighted by atomic mass is 16.5. The third kappa shape index (κ3) is 3.93. The average Bonchev–Trinajstić information content (AvgIpc) is 3.06. The number of nitrogens with zero attached hydrogens (tertiary/aromatic N) is 5. The molecule has 3 aliphatic rings. The van der Waals surface area contributed by atoms with Gasteiger partial charge in [-0.05, 0) is 44.6 Å². The highest BCUT2D eigenvalue weighted by Crippen LogP contribution is 2.30. The van der Waals surface area contributed by atoms with Gasteiger partial charge in [0.05, 0.1) is 11.9 Å². The summed E-state index contributed by atoms with van der Waals surface area (Å²) in [7, 11) is 1.91. The van der Waals surface area contributed by atoms with Crippen molar-refractivity contribution < 1.29 is 9.32 Å². The van der Waals surface area contributed by atoms with Crippen LogP contribution in [0.15, 0.2) is 16.9 Å². The van der Waals surface area contributed by atoms with Gasteiger partial charge in [0, 0.05) is 57.4 Å². The van der Waals surface area contributed by atoms with Crippen LogP contribution in [0.5, 0.6) is 0 Å². The Labute approximate surface area is 160 Å². The quantitative estimate of drug-likeness (QED) is 0.805. The smallest absolute Gasteiger partial charge is 0.223 e. The van der Waals surface area contributed by atoms with Crippen molar-refractivity contribution in [3.63, 3.8) is 0 Å². The maximum atomic E-state index is 12.9. The van der Waals surface area contributed by atoms with Gasteiger partial charge in [-0.15, -0.1) is 0 Å². The van der Waals surface area contributed by atoms with Crippen molar-refractivity contribution in [1.82, 2.24) is 24.7 Å². The molecule has 2 aromatic heterocycles. The predicted octanol–water partition coefficient (Wildman–Crippen LogP) is 2.08. The molecule has 3 fully saturated rings. The second-order valence-electron chi connectivity index (χ2n) is 8.16. The van der Waals surface area contributed by atoms with Crippen LogP contribution in [0.4, 0.5) is 0 Å². The SMILES string of the molecule is Cc1noc(C)c1CN1C[C@H]2CC[C@@H](C1)N(C(=O)CCc1cnn(C)c1)C2. The van der Waals surface area contributed by atoms with Crippen LogP contribution in [0.2, 0.25) is 0 Å². The zero-order valence-corrected chi connectivity index (χ0v) is 16.5. The molecular weight excluding hydrogens is 342 g/mol. The monoisotopic (exact) mass is 371 g/mol. The number of fused-ring (bicyclic) bond motifs is 4. The minimum atomic E-state index is 0.285. The zero-order valence-electron chi connectivity index (χ0n) is 16.5. The standard InChI is InChI=1S/C20H29N5O2/c1-14-19(15(2)27-22-14)13-24-10-17-4-6-18(12-24)25(11-17)20(26)7-5-16-8-21-23(3)9-16/h8-9,17-18H,4-7,10-13H2,1-3H3/t17-,18+/m1/s1. The molecule has 0 unspecified atom stereocenters. The lowest BCUT2D eigenvalue weighted by molar-refractivity contribution is -0.135. The van der Waals surface area contributed by atoms with E-state index >= 15 is 0 Å². The molecule has 0 spiro atoms.